The molecule has 2 aliphatic heterocycles. The molecule has 0 aromatic rings. The number of aliphatic carboxylic acids is 1. The van der Waals surface area contributed by atoms with Crippen molar-refractivity contribution >= 4 is 35.0 Å². The van der Waals surface area contributed by atoms with Crippen molar-refractivity contribution in [1.29, 1.82) is 0 Å². The zero-order chi connectivity index (χ0) is 16.6. The monoisotopic (exact) mass is 348 g/mol. The summed E-state index contributed by atoms with van der Waals surface area (Å²) in [5.41, 5.74) is 0.453. The van der Waals surface area contributed by atoms with Gasteiger partial charge in [0.1, 0.15) is 16.7 Å². The van der Waals surface area contributed by atoms with Crippen LogP contribution in [0.3, 0.4) is 0 Å². The highest BCUT2D eigenvalue weighted by Gasteiger charge is 2.57. The number of carboxylic acids is 1. The lowest BCUT2D eigenvalue weighted by molar-refractivity contribution is -0.161. The van der Waals surface area contributed by atoms with Gasteiger partial charge >= 0.3 is 5.97 Å². The predicted octanol–water partition coefficient (Wildman–Crippen LogP) is -0.319. The molecule has 0 saturated carbocycles. The van der Waals surface area contributed by atoms with Gasteiger partial charge in [0.25, 0.3) is 0 Å². The van der Waals surface area contributed by atoms with Crippen LogP contribution in [0.1, 0.15) is 20.3 Å². The number of β-lactam (4-membered cyclic amide) rings is 1. The molecule has 0 radical (unpaired) electrons. The van der Waals surface area contributed by atoms with Crippen LogP contribution in [0, 0.1) is 5.92 Å². The molecular formula is C13H20N2O5S2. The van der Waals surface area contributed by atoms with Crippen LogP contribution in [-0.2, 0) is 20.8 Å². The van der Waals surface area contributed by atoms with Crippen molar-refractivity contribution in [1.82, 2.24) is 4.90 Å². The summed E-state index contributed by atoms with van der Waals surface area (Å²) in [5.74, 6) is -1.49. The van der Waals surface area contributed by atoms with Gasteiger partial charge in [0, 0.05) is 5.57 Å². The number of rotatable bonds is 7. The van der Waals surface area contributed by atoms with Crippen LogP contribution in [0.2, 0.25) is 0 Å². The molecule has 5 atom stereocenters. The molecule has 1 amide bonds. The van der Waals surface area contributed by atoms with Gasteiger partial charge in [0.15, 0.2) is 0 Å². The second-order valence-electron chi connectivity index (χ2n) is 5.67. The van der Waals surface area contributed by atoms with Crippen molar-refractivity contribution in [3.05, 3.63) is 11.3 Å². The average molecular weight is 348 g/mol. The van der Waals surface area contributed by atoms with E-state index in [0.29, 0.717) is 17.7 Å². The van der Waals surface area contributed by atoms with E-state index in [-0.39, 0.29) is 28.6 Å². The van der Waals surface area contributed by atoms with E-state index in [1.165, 1.54) is 11.8 Å². The summed E-state index contributed by atoms with van der Waals surface area (Å²) in [5, 5.41) is 24.2. The Morgan fingerprint density at radius 1 is 1.59 bits per heavy atom. The second kappa shape index (κ2) is 6.79. The molecule has 2 heterocycles. The molecule has 2 rings (SSSR count). The lowest BCUT2D eigenvalue weighted by Gasteiger charge is -2.44. The number of hydrogen-bond donors (Lipinski definition) is 3. The maximum absolute atomic E-state index is 12.3. The van der Waals surface area contributed by atoms with Gasteiger partial charge in [-0.15, -0.1) is 0 Å². The van der Waals surface area contributed by atoms with Gasteiger partial charge in [-0.1, -0.05) is 11.9 Å². The zero-order valence-corrected chi connectivity index (χ0v) is 14.0. The Morgan fingerprint density at radius 2 is 2.23 bits per heavy atom. The largest absolute Gasteiger partial charge is 0.616 e. The molecule has 1 saturated heterocycles. The van der Waals surface area contributed by atoms with Gasteiger partial charge in [-0.2, -0.15) is 0 Å². The van der Waals surface area contributed by atoms with Gasteiger partial charge in [0.2, 0.25) is 5.91 Å². The molecule has 2 aliphatic rings. The Labute approximate surface area is 136 Å². The second-order valence-corrected chi connectivity index (χ2v) is 8.19. The zero-order valence-electron chi connectivity index (χ0n) is 12.4. The quantitative estimate of drug-likeness (QED) is 0.327. The molecule has 124 valence electrons. The summed E-state index contributed by atoms with van der Waals surface area (Å²) >= 11 is -0.151. The normalized spacial score (nSPS) is 28.2. The number of hydrogen-bond acceptors (Lipinski definition) is 6. The molecule has 0 bridgehead atoms. The van der Waals surface area contributed by atoms with Crippen LogP contribution >= 0.6 is 11.9 Å². The average Bonchev–Trinajstić information content (AvgIpc) is 2.73. The highest BCUT2D eigenvalue weighted by molar-refractivity contribution is 7.99. The van der Waals surface area contributed by atoms with Crippen LogP contribution in [0.4, 0.5) is 0 Å². The Morgan fingerprint density at radius 3 is 2.73 bits per heavy atom. The van der Waals surface area contributed by atoms with E-state index < -0.39 is 29.2 Å². The molecule has 1 fully saturated rings. The predicted molar refractivity (Wildman–Crippen MR) is 84.2 cm³/mol. The Kier molecular flexibility index (Phi) is 5.44. The van der Waals surface area contributed by atoms with Gasteiger partial charge in [-0.3, -0.25) is 9.93 Å². The molecule has 5 unspecified atom stereocenters. The maximum atomic E-state index is 12.3. The van der Waals surface area contributed by atoms with Crippen molar-refractivity contribution in [2.45, 2.75) is 37.7 Å². The summed E-state index contributed by atoms with van der Waals surface area (Å²) in [6, 6.07) is -0.329. The molecule has 0 aliphatic carbocycles. The number of carbonyl (C=O) groups excluding carboxylic acids is 1. The standard InChI is InChI=1S/C13H20N2O5S2/c1-6(4-21-14)22(20)5-8-3-9-10(7(2)16)12(17)15(9)11(8)13(18)19/h6-7,9-10,16H,3-5,14H2,1-2H3,(H,18,19). The van der Waals surface area contributed by atoms with E-state index in [2.05, 4.69) is 0 Å². The van der Waals surface area contributed by atoms with Crippen LogP contribution in [0.5, 0.6) is 0 Å². The first-order valence-electron chi connectivity index (χ1n) is 6.94. The molecule has 4 N–H and O–H groups in total. The lowest BCUT2D eigenvalue weighted by Crippen LogP contribution is -2.61. The molecule has 7 nitrogen and oxygen atoms in total. The summed E-state index contributed by atoms with van der Waals surface area (Å²) in [6.07, 6.45) is -0.460. The maximum Gasteiger partial charge on any atom is 0.352 e. The Bertz CT molecular complexity index is 511. The van der Waals surface area contributed by atoms with Crippen molar-refractivity contribution < 1.29 is 24.4 Å². The van der Waals surface area contributed by atoms with Crippen molar-refractivity contribution in [3.8, 4) is 0 Å². The molecule has 22 heavy (non-hydrogen) atoms. The fraction of sp³-hybridized carbons (Fsp3) is 0.692. The Hall–Kier alpha value is -0.740. The van der Waals surface area contributed by atoms with E-state index in [4.69, 9.17) is 5.14 Å². The highest BCUT2D eigenvalue weighted by Crippen LogP contribution is 2.44. The first kappa shape index (κ1) is 17.6. The van der Waals surface area contributed by atoms with Crippen molar-refractivity contribution in [2.75, 3.05) is 11.5 Å². The Balaban J connectivity index is 2.17. The number of nitrogens with two attached hydrogens (primary N) is 1. The van der Waals surface area contributed by atoms with Crippen LogP contribution in [0.15, 0.2) is 11.3 Å². The topological polar surface area (TPSA) is 127 Å². The third kappa shape index (κ3) is 3.00. The molecule has 9 heteroatoms. The number of nitrogens with zero attached hydrogens (tertiary/aromatic N) is 1. The molecule has 0 aromatic heterocycles. The van der Waals surface area contributed by atoms with E-state index in [9.17, 15) is 24.4 Å². The van der Waals surface area contributed by atoms with Gasteiger partial charge in [-0.05, 0) is 31.4 Å². The van der Waals surface area contributed by atoms with Crippen LogP contribution < -0.4 is 5.14 Å². The lowest BCUT2D eigenvalue weighted by atomic mass is 9.83. The number of carbonyl (C=O) groups is 2. The van der Waals surface area contributed by atoms with Gasteiger partial charge < -0.3 is 19.7 Å². The van der Waals surface area contributed by atoms with Crippen molar-refractivity contribution in [2.24, 2.45) is 11.1 Å². The summed E-state index contributed by atoms with van der Waals surface area (Å²) < 4.78 is 12.3. The van der Waals surface area contributed by atoms with Crippen LogP contribution in [-0.4, -0.2) is 60.4 Å². The fourth-order valence-electron chi connectivity index (χ4n) is 3.02. The van der Waals surface area contributed by atoms with Crippen LogP contribution in [0.25, 0.3) is 0 Å². The number of aliphatic hydroxyl groups is 1. The van der Waals surface area contributed by atoms with E-state index >= 15 is 0 Å². The highest BCUT2D eigenvalue weighted by atomic mass is 32.2. The SMILES string of the molecule is CC(O)C1C(=O)N2C(C(=O)O)=C(C[S+]([O-])C(C)CSN)CC12. The summed E-state index contributed by atoms with van der Waals surface area (Å²) in [7, 11) is 0. The van der Waals surface area contributed by atoms with E-state index in [0.717, 1.165) is 11.9 Å². The minimum absolute atomic E-state index is 0.0622. The van der Waals surface area contributed by atoms with E-state index in [1.54, 1.807) is 6.92 Å². The molecular weight excluding hydrogens is 328 g/mol. The first-order chi connectivity index (χ1) is 10.3. The number of fused-ring (bicyclic) bond motifs is 1. The van der Waals surface area contributed by atoms with Gasteiger partial charge in [-0.25, -0.2) is 4.79 Å². The smallest absolute Gasteiger partial charge is 0.352 e. The number of aliphatic hydroxyl groups excluding tert-OH is 1. The third-order valence-corrected chi connectivity index (χ3v) is 6.72. The van der Waals surface area contributed by atoms with E-state index in [1.807, 2.05) is 0 Å². The third-order valence-electron chi connectivity index (χ3n) is 4.12. The number of carboxylic acid groups (broad SMARTS) is 1. The van der Waals surface area contributed by atoms with Gasteiger partial charge in [0.05, 0.1) is 23.8 Å². The van der Waals surface area contributed by atoms with Crippen molar-refractivity contribution in [3.63, 3.8) is 0 Å². The minimum Gasteiger partial charge on any atom is -0.616 e. The first-order valence-corrected chi connectivity index (χ1v) is 9.38. The summed E-state index contributed by atoms with van der Waals surface area (Å²) in [6.45, 7) is 3.32. The summed E-state index contributed by atoms with van der Waals surface area (Å²) in [4.78, 5) is 24.7. The number of amides is 1. The molecule has 0 spiro atoms. The minimum atomic E-state index is -1.25. The fourth-order valence-corrected chi connectivity index (χ4v) is 5.01. The molecule has 0 aromatic carbocycles.